The molecule has 0 bridgehead atoms. The highest BCUT2D eigenvalue weighted by Gasteiger charge is 2.28. The standard InChI is InChI=1S/C15H23N3/c1-2-10-6-7-11(8-10)15-17-9-12-13(16)4-3-5-14(12)18-15/h9-11,13H,2-8,16H2,1H3. The number of aromatic nitrogens is 2. The first-order valence-electron chi connectivity index (χ1n) is 7.39. The van der Waals surface area contributed by atoms with Crippen LogP contribution >= 0.6 is 0 Å². The van der Waals surface area contributed by atoms with Crippen molar-refractivity contribution in [3.8, 4) is 0 Å². The fraction of sp³-hybridized carbons (Fsp3) is 0.733. The average molecular weight is 245 g/mol. The topological polar surface area (TPSA) is 51.8 Å². The van der Waals surface area contributed by atoms with Crippen molar-refractivity contribution in [3.05, 3.63) is 23.3 Å². The maximum absolute atomic E-state index is 6.11. The molecule has 98 valence electrons. The fourth-order valence-electron chi connectivity index (χ4n) is 3.47. The van der Waals surface area contributed by atoms with Gasteiger partial charge in [0, 0.05) is 29.4 Å². The summed E-state index contributed by atoms with van der Waals surface area (Å²) in [4.78, 5) is 9.43. The second-order valence-electron chi connectivity index (χ2n) is 5.91. The van der Waals surface area contributed by atoms with Crippen molar-refractivity contribution in [2.24, 2.45) is 11.7 Å². The van der Waals surface area contributed by atoms with Gasteiger partial charge in [0.15, 0.2) is 0 Å². The summed E-state index contributed by atoms with van der Waals surface area (Å²) in [5.74, 6) is 2.56. The molecule has 0 radical (unpaired) electrons. The minimum atomic E-state index is 0.162. The van der Waals surface area contributed by atoms with Crippen molar-refractivity contribution in [3.63, 3.8) is 0 Å². The Hall–Kier alpha value is -0.960. The Bertz CT molecular complexity index is 430. The van der Waals surface area contributed by atoms with E-state index in [-0.39, 0.29) is 6.04 Å². The molecule has 0 aliphatic heterocycles. The Morgan fingerprint density at radius 2 is 2.22 bits per heavy atom. The Kier molecular flexibility index (Phi) is 3.33. The fourth-order valence-corrected chi connectivity index (χ4v) is 3.47. The third-order valence-corrected chi connectivity index (χ3v) is 4.73. The van der Waals surface area contributed by atoms with Gasteiger partial charge in [-0.25, -0.2) is 9.97 Å². The van der Waals surface area contributed by atoms with Gasteiger partial charge in [-0.1, -0.05) is 13.3 Å². The second-order valence-corrected chi connectivity index (χ2v) is 5.91. The molecule has 2 aliphatic carbocycles. The number of nitrogens with two attached hydrogens (primary N) is 1. The van der Waals surface area contributed by atoms with Gasteiger partial charge >= 0.3 is 0 Å². The smallest absolute Gasteiger partial charge is 0.131 e. The molecular formula is C15H23N3. The third-order valence-electron chi connectivity index (χ3n) is 4.73. The molecule has 1 fully saturated rings. The summed E-state index contributed by atoms with van der Waals surface area (Å²) < 4.78 is 0. The molecule has 3 rings (SSSR count). The largest absolute Gasteiger partial charge is 0.324 e. The van der Waals surface area contributed by atoms with Crippen LogP contribution in [-0.4, -0.2) is 9.97 Å². The van der Waals surface area contributed by atoms with Crippen LogP contribution in [0.4, 0.5) is 0 Å². The Balaban J connectivity index is 1.82. The first kappa shape index (κ1) is 12.1. The van der Waals surface area contributed by atoms with Gasteiger partial charge in [-0.05, 0) is 44.4 Å². The zero-order valence-corrected chi connectivity index (χ0v) is 11.2. The molecule has 18 heavy (non-hydrogen) atoms. The maximum atomic E-state index is 6.11. The van der Waals surface area contributed by atoms with Crippen LogP contribution in [0.15, 0.2) is 6.20 Å². The van der Waals surface area contributed by atoms with E-state index in [1.54, 1.807) is 0 Å². The highest BCUT2D eigenvalue weighted by atomic mass is 14.9. The average Bonchev–Trinajstić information content (AvgIpc) is 2.87. The molecule has 1 aromatic heterocycles. The van der Waals surface area contributed by atoms with Crippen LogP contribution in [0.25, 0.3) is 0 Å². The minimum absolute atomic E-state index is 0.162. The highest BCUT2D eigenvalue weighted by molar-refractivity contribution is 5.25. The molecule has 3 atom stereocenters. The van der Waals surface area contributed by atoms with E-state index in [9.17, 15) is 0 Å². The van der Waals surface area contributed by atoms with Crippen LogP contribution in [0.3, 0.4) is 0 Å². The lowest BCUT2D eigenvalue weighted by Crippen LogP contribution is -2.20. The number of fused-ring (bicyclic) bond motifs is 1. The molecule has 1 aromatic rings. The normalized spacial score (nSPS) is 31.3. The predicted molar refractivity (Wildman–Crippen MR) is 72.3 cm³/mol. The molecule has 1 saturated carbocycles. The number of nitrogens with zero attached hydrogens (tertiary/aromatic N) is 2. The Morgan fingerprint density at radius 3 is 3.00 bits per heavy atom. The molecule has 0 amide bonds. The zero-order chi connectivity index (χ0) is 12.5. The third kappa shape index (κ3) is 2.16. The van der Waals surface area contributed by atoms with E-state index in [4.69, 9.17) is 10.7 Å². The van der Waals surface area contributed by atoms with Crippen molar-refractivity contribution < 1.29 is 0 Å². The van der Waals surface area contributed by atoms with Gasteiger partial charge < -0.3 is 5.73 Å². The SMILES string of the molecule is CCC1CCC(c2ncc3c(n2)CCCC3N)C1. The second kappa shape index (κ2) is 4.96. The molecule has 0 spiro atoms. The lowest BCUT2D eigenvalue weighted by molar-refractivity contribution is 0.511. The van der Waals surface area contributed by atoms with Crippen molar-refractivity contribution in [2.45, 2.75) is 63.8 Å². The van der Waals surface area contributed by atoms with Gasteiger partial charge in [-0.2, -0.15) is 0 Å². The van der Waals surface area contributed by atoms with Crippen LogP contribution in [0.5, 0.6) is 0 Å². The van der Waals surface area contributed by atoms with E-state index in [2.05, 4.69) is 11.9 Å². The lowest BCUT2D eigenvalue weighted by atomic mass is 9.92. The number of aryl methyl sites for hydroxylation is 1. The summed E-state index contributed by atoms with van der Waals surface area (Å²) in [6, 6.07) is 0.162. The monoisotopic (exact) mass is 245 g/mol. The lowest BCUT2D eigenvalue weighted by Gasteiger charge is -2.22. The van der Waals surface area contributed by atoms with Crippen molar-refractivity contribution in [1.82, 2.24) is 9.97 Å². The maximum Gasteiger partial charge on any atom is 0.131 e. The molecule has 2 N–H and O–H groups in total. The molecule has 0 aromatic carbocycles. The first-order valence-corrected chi connectivity index (χ1v) is 7.39. The highest BCUT2D eigenvalue weighted by Crippen LogP contribution is 2.39. The van der Waals surface area contributed by atoms with E-state index in [0.29, 0.717) is 5.92 Å². The van der Waals surface area contributed by atoms with Crippen molar-refractivity contribution >= 4 is 0 Å². The molecule has 3 nitrogen and oxygen atoms in total. The summed E-state index contributed by atoms with van der Waals surface area (Å²) >= 11 is 0. The van der Waals surface area contributed by atoms with E-state index in [0.717, 1.165) is 24.6 Å². The van der Waals surface area contributed by atoms with Gasteiger partial charge in [0.05, 0.1) is 0 Å². The van der Waals surface area contributed by atoms with Crippen LogP contribution in [0.1, 0.15) is 74.5 Å². The van der Waals surface area contributed by atoms with E-state index < -0.39 is 0 Å². The van der Waals surface area contributed by atoms with Crippen molar-refractivity contribution in [1.29, 1.82) is 0 Å². The van der Waals surface area contributed by atoms with Gasteiger partial charge in [0.2, 0.25) is 0 Å². The summed E-state index contributed by atoms with van der Waals surface area (Å²) in [6.45, 7) is 2.29. The molecule has 0 saturated heterocycles. The molecule has 1 heterocycles. The first-order chi connectivity index (χ1) is 8.78. The number of hydrogen-bond donors (Lipinski definition) is 1. The van der Waals surface area contributed by atoms with Crippen LogP contribution in [-0.2, 0) is 6.42 Å². The van der Waals surface area contributed by atoms with Crippen LogP contribution < -0.4 is 5.73 Å². The summed E-state index contributed by atoms with van der Waals surface area (Å²) in [6.07, 6.45) is 10.5. The summed E-state index contributed by atoms with van der Waals surface area (Å²) in [7, 11) is 0. The zero-order valence-electron chi connectivity index (χ0n) is 11.2. The summed E-state index contributed by atoms with van der Waals surface area (Å²) in [5, 5.41) is 0. The molecule has 2 aliphatic rings. The van der Waals surface area contributed by atoms with Gasteiger partial charge in [0.25, 0.3) is 0 Å². The number of hydrogen-bond acceptors (Lipinski definition) is 3. The van der Waals surface area contributed by atoms with Crippen LogP contribution in [0, 0.1) is 5.92 Å². The van der Waals surface area contributed by atoms with Gasteiger partial charge in [0.1, 0.15) is 5.82 Å². The molecular weight excluding hydrogens is 222 g/mol. The molecule has 3 heteroatoms. The van der Waals surface area contributed by atoms with E-state index >= 15 is 0 Å². The quantitative estimate of drug-likeness (QED) is 0.871. The minimum Gasteiger partial charge on any atom is -0.324 e. The van der Waals surface area contributed by atoms with Gasteiger partial charge in [-0.3, -0.25) is 0 Å². The predicted octanol–water partition coefficient (Wildman–Crippen LogP) is 3.11. The van der Waals surface area contributed by atoms with E-state index in [1.807, 2.05) is 6.20 Å². The summed E-state index contributed by atoms with van der Waals surface area (Å²) in [5.41, 5.74) is 8.52. The van der Waals surface area contributed by atoms with Crippen molar-refractivity contribution in [2.75, 3.05) is 0 Å². The Labute approximate surface area is 109 Å². The molecule has 3 unspecified atom stereocenters. The Morgan fingerprint density at radius 1 is 1.33 bits per heavy atom. The van der Waals surface area contributed by atoms with Gasteiger partial charge in [-0.15, -0.1) is 0 Å². The van der Waals surface area contributed by atoms with Crippen LogP contribution in [0.2, 0.25) is 0 Å². The number of rotatable bonds is 2. The van der Waals surface area contributed by atoms with E-state index in [1.165, 1.54) is 43.4 Å².